The lowest BCUT2D eigenvalue weighted by Gasteiger charge is -2.30. The number of nitrogens with one attached hydrogen (secondary N) is 1. The Morgan fingerprint density at radius 2 is 1.69 bits per heavy atom. The lowest BCUT2D eigenvalue weighted by molar-refractivity contribution is 0.191. The maximum Gasteiger partial charge on any atom is 0.0102 e. The molecule has 0 fully saturated rings. The second-order valence-corrected chi connectivity index (χ2v) is 5.47. The molecule has 0 aliphatic carbocycles. The third kappa shape index (κ3) is 7.24. The second kappa shape index (κ2) is 9.00. The van der Waals surface area contributed by atoms with Crippen LogP contribution in [0.5, 0.6) is 0 Å². The standard InChI is InChI=1S/C14H32N2/c1-7-8-9-10-16(6)14(5)13(4)11-15-12(2)3/h12-15H,7-11H2,1-6H3. The maximum absolute atomic E-state index is 3.52. The van der Waals surface area contributed by atoms with Gasteiger partial charge in [-0.2, -0.15) is 0 Å². The summed E-state index contributed by atoms with van der Waals surface area (Å²) in [5.74, 6) is 0.717. The molecule has 0 spiro atoms. The van der Waals surface area contributed by atoms with Crippen LogP contribution in [0.15, 0.2) is 0 Å². The van der Waals surface area contributed by atoms with Gasteiger partial charge in [0.1, 0.15) is 0 Å². The van der Waals surface area contributed by atoms with Gasteiger partial charge in [0, 0.05) is 12.1 Å². The van der Waals surface area contributed by atoms with Gasteiger partial charge in [0.15, 0.2) is 0 Å². The largest absolute Gasteiger partial charge is 0.314 e. The summed E-state index contributed by atoms with van der Waals surface area (Å²) in [4.78, 5) is 2.50. The van der Waals surface area contributed by atoms with Crippen molar-refractivity contribution < 1.29 is 0 Å². The number of hydrogen-bond acceptors (Lipinski definition) is 2. The Bertz CT molecular complexity index is 157. The first-order valence-electron chi connectivity index (χ1n) is 6.92. The van der Waals surface area contributed by atoms with Crippen LogP contribution in [0.1, 0.15) is 53.9 Å². The van der Waals surface area contributed by atoms with Crippen LogP contribution < -0.4 is 5.32 Å². The molecule has 0 radical (unpaired) electrons. The van der Waals surface area contributed by atoms with Crippen LogP contribution in [-0.4, -0.2) is 37.1 Å². The summed E-state index contributed by atoms with van der Waals surface area (Å²) in [5.41, 5.74) is 0. The van der Waals surface area contributed by atoms with E-state index in [0.29, 0.717) is 18.0 Å². The van der Waals surface area contributed by atoms with E-state index in [1.54, 1.807) is 0 Å². The van der Waals surface area contributed by atoms with Crippen molar-refractivity contribution in [3.63, 3.8) is 0 Å². The van der Waals surface area contributed by atoms with E-state index in [9.17, 15) is 0 Å². The second-order valence-electron chi connectivity index (χ2n) is 5.47. The minimum Gasteiger partial charge on any atom is -0.314 e. The molecule has 0 amide bonds. The normalized spacial score (nSPS) is 15.8. The number of nitrogens with zero attached hydrogens (tertiary/aromatic N) is 1. The van der Waals surface area contributed by atoms with Crippen LogP contribution in [-0.2, 0) is 0 Å². The van der Waals surface area contributed by atoms with Crippen molar-refractivity contribution in [2.75, 3.05) is 20.1 Å². The van der Waals surface area contributed by atoms with Crippen molar-refractivity contribution in [2.24, 2.45) is 5.92 Å². The van der Waals surface area contributed by atoms with E-state index in [1.165, 1.54) is 25.8 Å². The van der Waals surface area contributed by atoms with Gasteiger partial charge in [0.2, 0.25) is 0 Å². The molecule has 0 rings (SSSR count). The predicted molar refractivity (Wildman–Crippen MR) is 73.9 cm³/mol. The van der Waals surface area contributed by atoms with Gasteiger partial charge in [-0.25, -0.2) is 0 Å². The first-order valence-corrected chi connectivity index (χ1v) is 6.92. The number of unbranched alkanes of at least 4 members (excludes halogenated alkanes) is 2. The van der Waals surface area contributed by atoms with Crippen molar-refractivity contribution in [2.45, 2.75) is 66.0 Å². The lowest BCUT2D eigenvalue weighted by Crippen LogP contribution is -2.40. The highest BCUT2D eigenvalue weighted by atomic mass is 15.1. The van der Waals surface area contributed by atoms with Crippen molar-refractivity contribution in [1.82, 2.24) is 10.2 Å². The van der Waals surface area contributed by atoms with Crippen LogP contribution >= 0.6 is 0 Å². The molecule has 2 atom stereocenters. The Morgan fingerprint density at radius 1 is 1.06 bits per heavy atom. The number of rotatable bonds is 9. The summed E-state index contributed by atoms with van der Waals surface area (Å²) in [5, 5.41) is 3.52. The van der Waals surface area contributed by atoms with Crippen molar-refractivity contribution >= 4 is 0 Å². The van der Waals surface area contributed by atoms with Gasteiger partial charge < -0.3 is 10.2 Å². The quantitative estimate of drug-likeness (QED) is 0.610. The molecular formula is C14H32N2. The van der Waals surface area contributed by atoms with E-state index in [4.69, 9.17) is 0 Å². The lowest BCUT2D eigenvalue weighted by atomic mass is 10.0. The highest BCUT2D eigenvalue weighted by Crippen LogP contribution is 2.10. The molecule has 2 heteroatoms. The highest BCUT2D eigenvalue weighted by molar-refractivity contribution is 4.72. The fraction of sp³-hybridized carbons (Fsp3) is 1.00. The first kappa shape index (κ1) is 15.9. The molecule has 1 N–H and O–H groups in total. The molecule has 16 heavy (non-hydrogen) atoms. The fourth-order valence-corrected chi connectivity index (χ4v) is 1.84. The average Bonchev–Trinajstić information content (AvgIpc) is 2.24. The molecule has 2 unspecified atom stereocenters. The molecule has 2 nitrogen and oxygen atoms in total. The van der Waals surface area contributed by atoms with Gasteiger partial charge in [0.25, 0.3) is 0 Å². The molecule has 98 valence electrons. The predicted octanol–water partition coefficient (Wildman–Crippen LogP) is 3.13. The molecule has 0 aliphatic heterocycles. The summed E-state index contributed by atoms with van der Waals surface area (Å²) < 4.78 is 0. The maximum atomic E-state index is 3.52. The highest BCUT2D eigenvalue weighted by Gasteiger charge is 2.16. The zero-order valence-electron chi connectivity index (χ0n) is 12.2. The molecule has 0 saturated heterocycles. The summed E-state index contributed by atoms with van der Waals surface area (Å²) in [7, 11) is 2.26. The van der Waals surface area contributed by atoms with Gasteiger partial charge in [0.05, 0.1) is 0 Å². The minimum absolute atomic E-state index is 0.597. The molecule has 0 aromatic carbocycles. The fourth-order valence-electron chi connectivity index (χ4n) is 1.84. The topological polar surface area (TPSA) is 15.3 Å². The Balaban J connectivity index is 3.77. The summed E-state index contributed by atoms with van der Waals surface area (Å²) in [6, 6.07) is 1.27. The van der Waals surface area contributed by atoms with Gasteiger partial charge in [-0.05, 0) is 39.4 Å². The third-order valence-corrected chi connectivity index (χ3v) is 3.48. The molecular weight excluding hydrogens is 196 g/mol. The molecule has 0 heterocycles. The third-order valence-electron chi connectivity index (χ3n) is 3.48. The van der Waals surface area contributed by atoms with Crippen LogP contribution in [0.4, 0.5) is 0 Å². The van der Waals surface area contributed by atoms with Crippen LogP contribution in [0.3, 0.4) is 0 Å². The van der Waals surface area contributed by atoms with Gasteiger partial charge in [-0.15, -0.1) is 0 Å². The van der Waals surface area contributed by atoms with Gasteiger partial charge in [-0.1, -0.05) is 40.5 Å². The zero-order valence-corrected chi connectivity index (χ0v) is 12.2. The van der Waals surface area contributed by atoms with Crippen molar-refractivity contribution in [3.8, 4) is 0 Å². The van der Waals surface area contributed by atoms with Crippen LogP contribution in [0.25, 0.3) is 0 Å². The Morgan fingerprint density at radius 3 is 2.19 bits per heavy atom. The molecule has 0 aromatic heterocycles. The van der Waals surface area contributed by atoms with Crippen molar-refractivity contribution in [3.05, 3.63) is 0 Å². The molecule has 0 aliphatic rings. The average molecular weight is 228 g/mol. The molecule has 0 saturated carbocycles. The monoisotopic (exact) mass is 228 g/mol. The first-order chi connectivity index (χ1) is 7.49. The van der Waals surface area contributed by atoms with Crippen LogP contribution in [0.2, 0.25) is 0 Å². The smallest absolute Gasteiger partial charge is 0.0102 e. The van der Waals surface area contributed by atoms with E-state index in [1.807, 2.05) is 0 Å². The van der Waals surface area contributed by atoms with Crippen molar-refractivity contribution in [1.29, 1.82) is 0 Å². The van der Waals surface area contributed by atoms with Gasteiger partial charge in [-0.3, -0.25) is 0 Å². The Hall–Kier alpha value is -0.0800. The summed E-state index contributed by atoms with van der Waals surface area (Å²) in [6.45, 7) is 13.7. The minimum atomic E-state index is 0.597. The molecule has 0 aromatic rings. The number of hydrogen-bond donors (Lipinski definition) is 1. The van der Waals surface area contributed by atoms with E-state index in [-0.39, 0.29) is 0 Å². The van der Waals surface area contributed by atoms with E-state index in [2.05, 4.69) is 51.9 Å². The summed E-state index contributed by atoms with van der Waals surface area (Å²) in [6.07, 6.45) is 4.00. The van der Waals surface area contributed by atoms with Gasteiger partial charge >= 0.3 is 0 Å². The zero-order chi connectivity index (χ0) is 12.6. The van der Waals surface area contributed by atoms with Crippen LogP contribution in [0, 0.1) is 5.92 Å². The molecule has 0 bridgehead atoms. The van der Waals surface area contributed by atoms with E-state index >= 15 is 0 Å². The Labute approximate surface area is 103 Å². The van der Waals surface area contributed by atoms with E-state index < -0.39 is 0 Å². The van der Waals surface area contributed by atoms with E-state index in [0.717, 1.165) is 6.54 Å². The SMILES string of the molecule is CCCCCN(C)C(C)C(C)CNC(C)C. The summed E-state index contributed by atoms with van der Waals surface area (Å²) >= 11 is 0. The Kier molecular flexibility index (Phi) is 8.96.